The van der Waals surface area contributed by atoms with Crippen LogP contribution in [0.25, 0.3) is 0 Å². The molecule has 1 aromatic heterocycles. The summed E-state index contributed by atoms with van der Waals surface area (Å²) in [6.07, 6.45) is 2.64. The Morgan fingerprint density at radius 2 is 2.00 bits per heavy atom. The van der Waals surface area contributed by atoms with Gasteiger partial charge in [-0.05, 0) is 25.3 Å². The molecule has 26 heavy (non-hydrogen) atoms. The fraction of sp³-hybridized carbons (Fsp3) is 0.450. The predicted octanol–water partition coefficient (Wildman–Crippen LogP) is 3.51. The number of thioether (sulfide) groups is 1. The quantitative estimate of drug-likeness (QED) is 0.521. The van der Waals surface area contributed by atoms with E-state index in [2.05, 4.69) is 34.3 Å². The minimum Gasteiger partial charge on any atom is -0.355 e. The van der Waals surface area contributed by atoms with Crippen molar-refractivity contribution in [2.24, 2.45) is 0 Å². The van der Waals surface area contributed by atoms with E-state index in [1.807, 2.05) is 32.0 Å². The van der Waals surface area contributed by atoms with Crippen LogP contribution in [0.5, 0.6) is 0 Å². The first-order valence-corrected chi connectivity index (χ1v) is 10.0. The Bertz CT molecular complexity index is 761. The second kappa shape index (κ2) is 10.2. The molecule has 0 unspecified atom stereocenters. The highest BCUT2D eigenvalue weighted by atomic mass is 32.2. The first-order chi connectivity index (χ1) is 12.5. The van der Waals surface area contributed by atoms with Gasteiger partial charge in [0.2, 0.25) is 5.91 Å². The summed E-state index contributed by atoms with van der Waals surface area (Å²) in [5.41, 5.74) is 1.82. The monoisotopic (exact) mass is 373 g/mol. The van der Waals surface area contributed by atoms with Gasteiger partial charge >= 0.3 is 0 Å². The van der Waals surface area contributed by atoms with Crippen LogP contribution < -0.4 is 10.9 Å². The van der Waals surface area contributed by atoms with Crippen LogP contribution in [0.1, 0.15) is 50.8 Å². The SMILES string of the molecule is CCCc1cc(=O)[nH]c(S[C@H](C)C(=O)NC[C@@H](CC)c2ccccc2)n1. The highest BCUT2D eigenvalue weighted by molar-refractivity contribution is 8.00. The molecule has 0 fully saturated rings. The van der Waals surface area contributed by atoms with Crippen LogP contribution in [0.15, 0.2) is 46.3 Å². The zero-order valence-electron chi connectivity index (χ0n) is 15.6. The van der Waals surface area contributed by atoms with Crippen LogP contribution in [-0.4, -0.2) is 27.7 Å². The summed E-state index contributed by atoms with van der Waals surface area (Å²) < 4.78 is 0. The number of nitrogens with one attached hydrogen (secondary N) is 2. The molecule has 1 amide bonds. The van der Waals surface area contributed by atoms with Crippen molar-refractivity contribution in [3.8, 4) is 0 Å². The van der Waals surface area contributed by atoms with Crippen LogP contribution >= 0.6 is 11.8 Å². The van der Waals surface area contributed by atoms with Gasteiger partial charge in [0.25, 0.3) is 5.56 Å². The number of carbonyl (C=O) groups excluding carboxylic acids is 1. The lowest BCUT2D eigenvalue weighted by Crippen LogP contribution is -2.34. The lowest BCUT2D eigenvalue weighted by Gasteiger charge is -2.18. The Kier molecular flexibility index (Phi) is 7.91. The van der Waals surface area contributed by atoms with E-state index in [9.17, 15) is 9.59 Å². The molecule has 0 saturated heterocycles. The van der Waals surface area contributed by atoms with Gasteiger partial charge in [-0.25, -0.2) is 4.98 Å². The fourth-order valence-electron chi connectivity index (χ4n) is 2.74. The molecule has 2 atom stereocenters. The lowest BCUT2D eigenvalue weighted by molar-refractivity contribution is -0.120. The maximum Gasteiger partial charge on any atom is 0.251 e. The number of aryl methyl sites for hydroxylation is 1. The molecule has 0 aliphatic heterocycles. The molecule has 5 nitrogen and oxygen atoms in total. The van der Waals surface area contributed by atoms with Crippen molar-refractivity contribution in [2.45, 2.75) is 56.4 Å². The molecule has 0 saturated carbocycles. The predicted molar refractivity (Wildman–Crippen MR) is 107 cm³/mol. The van der Waals surface area contributed by atoms with Crippen LogP contribution in [0, 0.1) is 0 Å². The number of aromatic amines is 1. The van der Waals surface area contributed by atoms with Gasteiger partial charge in [0.1, 0.15) is 0 Å². The third kappa shape index (κ3) is 6.02. The van der Waals surface area contributed by atoms with E-state index in [1.165, 1.54) is 23.4 Å². The molecule has 0 aliphatic rings. The van der Waals surface area contributed by atoms with E-state index in [0.717, 1.165) is 25.0 Å². The molecule has 2 rings (SSSR count). The van der Waals surface area contributed by atoms with Gasteiger partial charge in [-0.15, -0.1) is 0 Å². The summed E-state index contributed by atoms with van der Waals surface area (Å²) >= 11 is 1.28. The molecular formula is C20H27N3O2S. The first-order valence-electron chi connectivity index (χ1n) is 9.13. The van der Waals surface area contributed by atoms with Crippen LogP contribution in [0.4, 0.5) is 0 Å². The minimum absolute atomic E-state index is 0.0482. The number of hydrogen-bond donors (Lipinski definition) is 2. The first kappa shape index (κ1) is 20.2. The summed E-state index contributed by atoms with van der Waals surface area (Å²) in [5, 5.41) is 3.20. The third-order valence-corrected chi connectivity index (χ3v) is 5.21. The van der Waals surface area contributed by atoms with Gasteiger partial charge in [-0.1, -0.05) is 62.4 Å². The number of nitrogens with zero attached hydrogens (tertiary/aromatic N) is 1. The molecule has 0 bridgehead atoms. The highest BCUT2D eigenvalue weighted by Crippen LogP contribution is 2.21. The van der Waals surface area contributed by atoms with Crippen LogP contribution in [0.2, 0.25) is 0 Å². The lowest BCUT2D eigenvalue weighted by atomic mass is 9.96. The van der Waals surface area contributed by atoms with E-state index in [-0.39, 0.29) is 16.7 Å². The van der Waals surface area contributed by atoms with Gasteiger partial charge in [-0.3, -0.25) is 9.59 Å². The zero-order valence-corrected chi connectivity index (χ0v) is 16.4. The van der Waals surface area contributed by atoms with Gasteiger partial charge in [0.15, 0.2) is 5.16 Å². The molecule has 140 valence electrons. The second-order valence-electron chi connectivity index (χ2n) is 6.31. The Hall–Kier alpha value is -2.08. The Balaban J connectivity index is 1.94. The van der Waals surface area contributed by atoms with Gasteiger partial charge < -0.3 is 10.3 Å². The molecule has 2 N–H and O–H groups in total. The third-order valence-electron chi connectivity index (χ3n) is 4.22. The van der Waals surface area contributed by atoms with Crippen LogP contribution in [0.3, 0.4) is 0 Å². The summed E-state index contributed by atoms with van der Waals surface area (Å²) in [7, 11) is 0. The Morgan fingerprint density at radius 3 is 2.65 bits per heavy atom. The summed E-state index contributed by atoms with van der Waals surface area (Å²) in [6.45, 7) is 6.60. The second-order valence-corrected chi connectivity index (χ2v) is 7.64. The zero-order chi connectivity index (χ0) is 18.9. The fourth-order valence-corrected chi connectivity index (χ4v) is 3.59. The molecule has 0 spiro atoms. The van der Waals surface area contributed by atoms with E-state index in [1.54, 1.807) is 0 Å². The Morgan fingerprint density at radius 1 is 1.27 bits per heavy atom. The number of H-pyrrole nitrogens is 1. The minimum atomic E-state index is -0.330. The average molecular weight is 374 g/mol. The Labute approximate surface area is 159 Å². The van der Waals surface area contributed by atoms with Gasteiger partial charge in [0, 0.05) is 24.2 Å². The number of rotatable bonds is 9. The normalized spacial score (nSPS) is 13.2. The summed E-state index contributed by atoms with van der Waals surface area (Å²) in [4.78, 5) is 31.3. The molecule has 6 heteroatoms. The van der Waals surface area contributed by atoms with Crippen molar-refractivity contribution in [2.75, 3.05) is 6.54 Å². The van der Waals surface area contributed by atoms with Crippen molar-refractivity contribution < 1.29 is 4.79 Å². The number of amides is 1. The van der Waals surface area contributed by atoms with Gasteiger partial charge in [-0.2, -0.15) is 0 Å². The summed E-state index contributed by atoms with van der Waals surface area (Å²) in [6, 6.07) is 11.7. The number of carbonyl (C=O) groups is 1. The topological polar surface area (TPSA) is 74.8 Å². The smallest absolute Gasteiger partial charge is 0.251 e. The van der Waals surface area contributed by atoms with E-state index in [0.29, 0.717) is 17.6 Å². The molecule has 0 aliphatic carbocycles. The largest absolute Gasteiger partial charge is 0.355 e. The van der Waals surface area contributed by atoms with Crippen molar-refractivity contribution in [1.29, 1.82) is 0 Å². The van der Waals surface area contributed by atoms with E-state index in [4.69, 9.17) is 0 Å². The maximum absolute atomic E-state index is 12.4. The van der Waals surface area contributed by atoms with Gasteiger partial charge in [0.05, 0.1) is 5.25 Å². The van der Waals surface area contributed by atoms with E-state index >= 15 is 0 Å². The van der Waals surface area contributed by atoms with Crippen LogP contribution in [-0.2, 0) is 11.2 Å². The maximum atomic E-state index is 12.4. The van der Waals surface area contributed by atoms with Crippen molar-refractivity contribution >= 4 is 17.7 Å². The number of benzene rings is 1. The molecule has 0 radical (unpaired) electrons. The number of hydrogen-bond acceptors (Lipinski definition) is 4. The van der Waals surface area contributed by atoms with Crippen molar-refractivity contribution in [3.05, 3.63) is 58.0 Å². The highest BCUT2D eigenvalue weighted by Gasteiger charge is 2.18. The molecule has 2 aromatic rings. The standard InChI is InChI=1S/C20H27N3O2S/c1-4-9-17-12-18(24)23-20(22-17)26-14(3)19(25)21-13-15(5-2)16-10-7-6-8-11-16/h6-8,10-12,14-15H,4-5,9,13H2,1-3H3,(H,21,25)(H,22,23,24)/t14-,15-/m1/s1. The molecular weight excluding hydrogens is 346 g/mol. The number of aromatic nitrogens is 2. The average Bonchev–Trinajstić information content (AvgIpc) is 2.62. The van der Waals surface area contributed by atoms with E-state index < -0.39 is 0 Å². The molecule has 1 heterocycles. The molecule has 1 aromatic carbocycles. The van der Waals surface area contributed by atoms with Crippen molar-refractivity contribution in [3.63, 3.8) is 0 Å². The van der Waals surface area contributed by atoms with Crippen molar-refractivity contribution in [1.82, 2.24) is 15.3 Å². The summed E-state index contributed by atoms with van der Waals surface area (Å²) in [5.74, 6) is 0.246.